The number of nitrogens with two attached hydrogens (primary N) is 2. The van der Waals surface area contributed by atoms with Crippen LogP contribution in [0.2, 0.25) is 0 Å². The summed E-state index contributed by atoms with van der Waals surface area (Å²) in [5.41, 5.74) is 8.88. The highest BCUT2D eigenvalue weighted by Gasteiger charge is 2.16. The number of hydrogen-bond acceptors (Lipinski definition) is 3. The monoisotopic (exact) mass is 216 g/mol. The van der Waals surface area contributed by atoms with Gasteiger partial charge in [-0.05, 0) is 31.0 Å². The minimum absolute atomic E-state index is 0.741. The van der Waals surface area contributed by atoms with Crippen molar-refractivity contribution >= 4 is 22.3 Å². The summed E-state index contributed by atoms with van der Waals surface area (Å²) in [4.78, 5) is 2.40. The van der Waals surface area contributed by atoms with E-state index in [1.807, 2.05) is 18.3 Å². The second-order valence-corrected chi connectivity index (χ2v) is 4.35. The van der Waals surface area contributed by atoms with Crippen molar-refractivity contribution in [1.82, 2.24) is 4.68 Å². The molecule has 4 heteroatoms. The third kappa shape index (κ3) is 1.23. The van der Waals surface area contributed by atoms with Crippen molar-refractivity contribution in [3.63, 3.8) is 0 Å². The Kier molecular flexibility index (Phi) is 1.96. The number of hydrogen-bond donors (Lipinski definition) is 2. The lowest BCUT2D eigenvalue weighted by Gasteiger charge is -2.19. The van der Waals surface area contributed by atoms with Gasteiger partial charge < -0.3 is 16.5 Å². The van der Waals surface area contributed by atoms with Crippen LogP contribution in [0, 0.1) is 0 Å². The van der Waals surface area contributed by atoms with E-state index in [2.05, 4.69) is 11.0 Å². The maximum absolute atomic E-state index is 5.95. The molecule has 4 nitrogen and oxygen atoms in total. The van der Waals surface area contributed by atoms with E-state index in [4.69, 9.17) is 11.6 Å². The van der Waals surface area contributed by atoms with Gasteiger partial charge in [0.2, 0.25) is 0 Å². The number of anilines is 2. The van der Waals surface area contributed by atoms with Crippen molar-refractivity contribution in [1.29, 1.82) is 0 Å². The Morgan fingerprint density at radius 1 is 1.06 bits per heavy atom. The first-order valence-corrected chi connectivity index (χ1v) is 5.67. The molecule has 0 spiro atoms. The van der Waals surface area contributed by atoms with Crippen LogP contribution in [-0.4, -0.2) is 17.8 Å². The predicted octanol–water partition coefficient (Wildman–Crippen LogP) is 1.54. The van der Waals surface area contributed by atoms with Gasteiger partial charge in [0.05, 0.1) is 11.2 Å². The summed E-state index contributed by atoms with van der Waals surface area (Å²) in [6.45, 7) is 2.27. The average molecular weight is 216 g/mol. The minimum atomic E-state index is 0.741. The van der Waals surface area contributed by atoms with Crippen LogP contribution < -0.4 is 16.5 Å². The van der Waals surface area contributed by atoms with Crippen LogP contribution in [0.15, 0.2) is 24.4 Å². The van der Waals surface area contributed by atoms with Gasteiger partial charge in [0.1, 0.15) is 0 Å². The van der Waals surface area contributed by atoms with E-state index in [9.17, 15) is 0 Å². The van der Waals surface area contributed by atoms with Gasteiger partial charge >= 0.3 is 0 Å². The lowest BCUT2D eigenvalue weighted by atomic mass is 10.2. The summed E-state index contributed by atoms with van der Waals surface area (Å²) >= 11 is 0. The smallest absolute Gasteiger partial charge is 0.0939 e. The first kappa shape index (κ1) is 9.39. The average Bonchev–Trinajstić information content (AvgIpc) is 2.89. The van der Waals surface area contributed by atoms with Gasteiger partial charge in [0.25, 0.3) is 0 Å². The van der Waals surface area contributed by atoms with Gasteiger partial charge in [-0.25, -0.2) is 0 Å². The van der Waals surface area contributed by atoms with E-state index in [0.29, 0.717) is 0 Å². The fraction of sp³-hybridized carbons (Fsp3) is 0.333. The zero-order valence-electron chi connectivity index (χ0n) is 9.19. The minimum Gasteiger partial charge on any atom is -0.397 e. The number of rotatable bonds is 1. The first-order valence-electron chi connectivity index (χ1n) is 5.67. The maximum atomic E-state index is 5.95. The van der Waals surface area contributed by atoms with Crippen LogP contribution in [0.1, 0.15) is 12.8 Å². The molecule has 84 valence electrons. The van der Waals surface area contributed by atoms with Gasteiger partial charge in [-0.15, -0.1) is 0 Å². The second kappa shape index (κ2) is 3.33. The summed E-state index contributed by atoms with van der Waals surface area (Å²) in [5, 5.41) is 1.16. The number of fused-ring (bicyclic) bond motifs is 1. The molecule has 2 aromatic rings. The van der Waals surface area contributed by atoms with Crippen molar-refractivity contribution in [2.45, 2.75) is 12.8 Å². The fourth-order valence-electron chi connectivity index (χ4n) is 2.53. The largest absolute Gasteiger partial charge is 0.397 e. The second-order valence-electron chi connectivity index (χ2n) is 4.35. The van der Waals surface area contributed by atoms with Gasteiger partial charge in [-0.3, -0.25) is 4.68 Å². The predicted molar refractivity (Wildman–Crippen MR) is 67.9 cm³/mol. The Hall–Kier alpha value is -1.84. The molecule has 1 fully saturated rings. The molecule has 16 heavy (non-hydrogen) atoms. The highest BCUT2D eigenvalue weighted by Crippen LogP contribution is 2.32. The van der Waals surface area contributed by atoms with E-state index in [-0.39, 0.29) is 0 Å². The molecule has 3 rings (SSSR count). The van der Waals surface area contributed by atoms with Crippen LogP contribution in [0.4, 0.5) is 11.4 Å². The van der Waals surface area contributed by atoms with Crippen LogP contribution in [0.5, 0.6) is 0 Å². The fourth-order valence-corrected chi connectivity index (χ4v) is 2.53. The highest BCUT2D eigenvalue weighted by molar-refractivity contribution is 6.00. The van der Waals surface area contributed by atoms with Crippen LogP contribution >= 0.6 is 0 Å². The third-order valence-electron chi connectivity index (χ3n) is 3.33. The van der Waals surface area contributed by atoms with Crippen LogP contribution in [0.3, 0.4) is 0 Å². The SMILES string of the molecule is Nc1ccc(N2CCCC2)c2ccn(N)c12. The molecule has 2 heterocycles. The van der Waals surface area contributed by atoms with Crippen molar-refractivity contribution in [3.8, 4) is 0 Å². The van der Waals surface area contributed by atoms with Crippen molar-refractivity contribution in [2.24, 2.45) is 0 Å². The van der Waals surface area contributed by atoms with Crippen molar-refractivity contribution in [3.05, 3.63) is 24.4 Å². The molecule has 1 saturated heterocycles. The first-order chi connectivity index (χ1) is 7.77. The molecule has 0 aliphatic carbocycles. The van der Waals surface area contributed by atoms with Crippen LogP contribution in [0.25, 0.3) is 10.9 Å². The zero-order chi connectivity index (χ0) is 11.1. The molecule has 1 aliphatic heterocycles. The molecule has 4 N–H and O–H groups in total. The summed E-state index contributed by atoms with van der Waals surface area (Å²) in [6, 6.07) is 6.08. The van der Waals surface area contributed by atoms with Gasteiger partial charge in [0, 0.05) is 30.4 Å². The van der Waals surface area contributed by atoms with E-state index >= 15 is 0 Å². The molecular formula is C12H16N4. The Labute approximate surface area is 94.4 Å². The molecule has 0 radical (unpaired) electrons. The Morgan fingerprint density at radius 2 is 1.81 bits per heavy atom. The summed E-state index contributed by atoms with van der Waals surface area (Å²) in [7, 11) is 0. The van der Waals surface area contributed by atoms with Gasteiger partial charge in [0.15, 0.2) is 0 Å². The normalized spacial score (nSPS) is 16.1. The van der Waals surface area contributed by atoms with Crippen LogP contribution in [-0.2, 0) is 0 Å². The van der Waals surface area contributed by atoms with Crippen molar-refractivity contribution in [2.75, 3.05) is 29.6 Å². The molecule has 1 aliphatic rings. The molecule has 0 bridgehead atoms. The molecule has 0 amide bonds. The third-order valence-corrected chi connectivity index (χ3v) is 3.33. The van der Waals surface area contributed by atoms with Crippen molar-refractivity contribution < 1.29 is 0 Å². The molecular weight excluding hydrogens is 200 g/mol. The number of nitrogens with zero attached hydrogens (tertiary/aromatic N) is 2. The number of aromatic nitrogens is 1. The number of nitrogen functional groups attached to an aromatic ring is 2. The Bertz CT molecular complexity index is 523. The number of benzene rings is 1. The van der Waals surface area contributed by atoms with Gasteiger partial charge in [-0.1, -0.05) is 0 Å². The molecule has 0 saturated carbocycles. The summed E-state index contributed by atoms with van der Waals surface area (Å²) in [5.74, 6) is 5.86. The molecule has 0 atom stereocenters. The lowest BCUT2D eigenvalue weighted by Crippen LogP contribution is -2.18. The highest BCUT2D eigenvalue weighted by atomic mass is 15.3. The Balaban J connectivity index is 2.21. The summed E-state index contributed by atoms with van der Waals surface area (Å²) in [6.07, 6.45) is 4.41. The van der Waals surface area contributed by atoms with E-state index in [1.165, 1.54) is 18.5 Å². The standard InChI is InChI=1S/C12H16N4/c13-10-3-4-11(15-6-1-2-7-15)9-5-8-16(14)12(9)10/h3-5,8H,1-2,6-7,13-14H2. The van der Waals surface area contributed by atoms with Gasteiger partial charge in [-0.2, -0.15) is 0 Å². The maximum Gasteiger partial charge on any atom is 0.0939 e. The quantitative estimate of drug-likeness (QED) is 0.561. The van der Waals surface area contributed by atoms with E-state index < -0.39 is 0 Å². The zero-order valence-corrected chi connectivity index (χ0v) is 9.19. The topological polar surface area (TPSA) is 60.2 Å². The Morgan fingerprint density at radius 3 is 2.56 bits per heavy atom. The molecule has 1 aromatic heterocycles. The summed E-state index contributed by atoms with van der Waals surface area (Å²) < 4.78 is 1.60. The molecule has 0 unspecified atom stereocenters. The van der Waals surface area contributed by atoms with E-state index in [0.717, 1.165) is 29.7 Å². The molecule has 1 aromatic carbocycles. The van der Waals surface area contributed by atoms with E-state index in [1.54, 1.807) is 4.68 Å². The lowest BCUT2D eigenvalue weighted by molar-refractivity contribution is 0.949.